The molecule has 2 atom stereocenters. The Morgan fingerprint density at radius 3 is 2.90 bits per heavy atom. The van der Waals surface area contributed by atoms with Crippen molar-refractivity contribution in [1.82, 2.24) is 9.88 Å². The minimum Gasteiger partial charge on any atom is -0.485 e. The van der Waals surface area contributed by atoms with Crippen LogP contribution >= 0.6 is 0 Å². The molecule has 6 rings (SSSR count). The van der Waals surface area contributed by atoms with E-state index in [1.165, 1.54) is 0 Å². The molecule has 9 heteroatoms. The molecule has 0 N–H and O–H groups in total. The second kappa shape index (κ2) is 10.7. The van der Waals surface area contributed by atoms with E-state index in [0.29, 0.717) is 51.7 Å². The fraction of sp³-hybridized carbons (Fsp3) is 0.400. The quantitative estimate of drug-likeness (QED) is 0.408. The van der Waals surface area contributed by atoms with Crippen LogP contribution in [0, 0.1) is 0 Å². The molecule has 1 saturated heterocycles. The maximum absolute atomic E-state index is 12.7. The number of carbonyl (C=O) groups is 1. The summed E-state index contributed by atoms with van der Waals surface area (Å²) in [4.78, 5) is 18.5. The third kappa shape index (κ3) is 5.79. The van der Waals surface area contributed by atoms with E-state index < -0.39 is 5.79 Å². The van der Waals surface area contributed by atoms with Crippen molar-refractivity contribution in [1.29, 1.82) is 0 Å². The van der Waals surface area contributed by atoms with Gasteiger partial charge < -0.3 is 33.3 Å². The van der Waals surface area contributed by atoms with Gasteiger partial charge in [-0.1, -0.05) is 24.3 Å². The lowest BCUT2D eigenvalue weighted by atomic mass is 10.0. The zero-order valence-corrected chi connectivity index (χ0v) is 22.1. The van der Waals surface area contributed by atoms with Crippen LogP contribution < -0.4 is 14.2 Å². The number of hydrogen-bond donors (Lipinski definition) is 0. The van der Waals surface area contributed by atoms with Gasteiger partial charge in [-0.05, 0) is 47.4 Å². The number of amides is 1. The van der Waals surface area contributed by atoms with Gasteiger partial charge in [0.2, 0.25) is 5.79 Å². The first-order chi connectivity index (χ1) is 18.9. The molecule has 204 valence electrons. The van der Waals surface area contributed by atoms with Gasteiger partial charge in [-0.2, -0.15) is 0 Å². The molecule has 1 aromatic heterocycles. The Morgan fingerprint density at radius 1 is 1.10 bits per heavy atom. The van der Waals surface area contributed by atoms with Crippen molar-refractivity contribution >= 4 is 6.09 Å². The van der Waals surface area contributed by atoms with Crippen LogP contribution in [0.2, 0.25) is 0 Å². The molecule has 0 aliphatic carbocycles. The minimum atomic E-state index is -0.647. The maximum Gasteiger partial charge on any atom is 0.410 e. The summed E-state index contributed by atoms with van der Waals surface area (Å²) in [7, 11) is 0. The Balaban J connectivity index is 1.03. The number of cyclic esters (lactones) is 1. The van der Waals surface area contributed by atoms with Crippen molar-refractivity contribution in [2.75, 3.05) is 26.3 Å². The minimum absolute atomic E-state index is 0.197. The zero-order valence-electron chi connectivity index (χ0n) is 22.1. The van der Waals surface area contributed by atoms with Gasteiger partial charge in [0.05, 0.1) is 26.4 Å². The number of nitrogens with zero attached hydrogens (tertiary/aromatic N) is 2. The van der Waals surface area contributed by atoms with E-state index in [0.717, 1.165) is 33.8 Å². The summed E-state index contributed by atoms with van der Waals surface area (Å²) in [5.74, 6) is 1.57. The highest BCUT2D eigenvalue weighted by Crippen LogP contribution is 2.37. The normalized spacial score (nSPS) is 21.2. The molecule has 2 aromatic carbocycles. The standard InChI is InChI=1S/C30H32N2O7/c1-30(2)36-17-23-13-22(8-9-25(23)39-30)27-15-32(29(33)38-27)12-10-21-6-3-7-26-28(21)35-19-24(37-26)18-34-16-20-5-4-11-31-14-20/h3-9,11,13-14,24,27H,10,12,15-19H2,1-2H3/t24-,27+/m1/s1. The molecule has 3 aliphatic rings. The third-order valence-corrected chi connectivity index (χ3v) is 6.99. The summed E-state index contributed by atoms with van der Waals surface area (Å²) in [6.07, 6.45) is 3.29. The average Bonchev–Trinajstić information content (AvgIpc) is 3.32. The largest absolute Gasteiger partial charge is 0.485 e. The Hall–Kier alpha value is -3.82. The number of aromatic nitrogens is 1. The molecule has 39 heavy (non-hydrogen) atoms. The van der Waals surface area contributed by atoms with E-state index >= 15 is 0 Å². The van der Waals surface area contributed by atoms with Gasteiger partial charge in [-0.25, -0.2) is 4.79 Å². The summed E-state index contributed by atoms with van der Waals surface area (Å²) in [5, 5.41) is 0. The van der Waals surface area contributed by atoms with Crippen LogP contribution in [0.15, 0.2) is 60.9 Å². The lowest BCUT2D eigenvalue weighted by molar-refractivity contribution is -0.180. The van der Waals surface area contributed by atoms with E-state index in [-0.39, 0.29) is 18.3 Å². The van der Waals surface area contributed by atoms with Crippen molar-refractivity contribution in [3.05, 3.63) is 83.2 Å². The van der Waals surface area contributed by atoms with Crippen molar-refractivity contribution < 1.29 is 33.2 Å². The molecule has 9 nitrogen and oxygen atoms in total. The molecule has 3 aliphatic heterocycles. The molecule has 0 unspecified atom stereocenters. The summed E-state index contributed by atoms with van der Waals surface area (Å²) < 4.78 is 35.4. The predicted molar refractivity (Wildman–Crippen MR) is 141 cm³/mol. The van der Waals surface area contributed by atoms with Crippen LogP contribution in [0.4, 0.5) is 4.79 Å². The van der Waals surface area contributed by atoms with E-state index in [9.17, 15) is 4.79 Å². The number of carbonyl (C=O) groups excluding carboxylic acids is 1. The molecule has 4 heterocycles. The van der Waals surface area contributed by atoms with Gasteiger partial charge in [-0.15, -0.1) is 0 Å². The summed E-state index contributed by atoms with van der Waals surface area (Å²) >= 11 is 0. The number of rotatable bonds is 8. The van der Waals surface area contributed by atoms with Crippen LogP contribution in [0.25, 0.3) is 0 Å². The number of pyridine rings is 1. The van der Waals surface area contributed by atoms with Crippen LogP contribution in [-0.2, 0) is 33.8 Å². The first kappa shape index (κ1) is 25.5. The fourth-order valence-corrected chi connectivity index (χ4v) is 4.96. The van der Waals surface area contributed by atoms with Crippen molar-refractivity contribution in [3.63, 3.8) is 0 Å². The maximum atomic E-state index is 12.7. The highest BCUT2D eigenvalue weighted by atomic mass is 16.7. The van der Waals surface area contributed by atoms with Gasteiger partial charge >= 0.3 is 6.09 Å². The smallest absolute Gasteiger partial charge is 0.410 e. The molecule has 0 saturated carbocycles. The van der Waals surface area contributed by atoms with E-state index in [1.807, 2.05) is 62.4 Å². The molecule has 1 amide bonds. The molecule has 0 spiro atoms. The van der Waals surface area contributed by atoms with E-state index in [2.05, 4.69) is 4.98 Å². The first-order valence-corrected chi connectivity index (χ1v) is 13.2. The Morgan fingerprint density at radius 2 is 2.03 bits per heavy atom. The van der Waals surface area contributed by atoms with Crippen molar-refractivity contribution in [2.24, 2.45) is 0 Å². The highest BCUT2D eigenvalue weighted by Gasteiger charge is 2.34. The van der Waals surface area contributed by atoms with Crippen LogP contribution in [0.1, 0.15) is 42.2 Å². The number of para-hydroxylation sites is 1. The van der Waals surface area contributed by atoms with E-state index in [4.69, 9.17) is 28.4 Å². The van der Waals surface area contributed by atoms with Crippen LogP contribution in [0.5, 0.6) is 17.2 Å². The van der Waals surface area contributed by atoms with Crippen LogP contribution in [-0.4, -0.2) is 54.2 Å². The SMILES string of the molecule is CC1(C)OCc2cc([C@@H]3CN(CCc4cccc5c4OC[C@@H](COCc4cccnc4)O5)C(=O)O3)ccc2O1. The second-order valence-electron chi connectivity index (χ2n) is 10.4. The molecule has 0 bridgehead atoms. The molecular weight excluding hydrogens is 500 g/mol. The number of fused-ring (bicyclic) bond motifs is 2. The first-order valence-electron chi connectivity index (χ1n) is 13.2. The van der Waals surface area contributed by atoms with Gasteiger partial charge in [0, 0.05) is 38.3 Å². The number of hydrogen-bond acceptors (Lipinski definition) is 8. The topological polar surface area (TPSA) is 88.6 Å². The summed E-state index contributed by atoms with van der Waals surface area (Å²) in [6, 6.07) is 15.6. The third-order valence-electron chi connectivity index (χ3n) is 6.99. The molecule has 1 fully saturated rings. The van der Waals surface area contributed by atoms with Gasteiger partial charge in [0.15, 0.2) is 17.6 Å². The summed E-state index contributed by atoms with van der Waals surface area (Å²) in [5.41, 5.74) is 3.89. The monoisotopic (exact) mass is 532 g/mol. The summed E-state index contributed by atoms with van der Waals surface area (Å²) in [6.45, 7) is 6.51. The number of benzene rings is 2. The highest BCUT2D eigenvalue weighted by molar-refractivity contribution is 5.70. The lowest BCUT2D eigenvalue weighted by Crippen LogP contribution is -2.35. The Labute approximate surface area is 227 Å². The number of ether oxygens (including phenoxy) is 6. The van der Waals surface area contributed by atoms with Gasteiger partial charge in [0.1, 0.15) is 18.5 Å². The Bertz CT molecular complexity index is 1330. The van der Waals surface area contributed by atoms with Crippen molar-refractivity contribution in [2.45, 2.75) is 51.5 Å². The zero-order chi connectivity index (χ0) is 26.8. The van der Waals surface area contributed by atoms with Crippen molar-refractivity contribution in [3.8, 4) is 17.2 Å². The fourth-order valence-electron chi connectivity index (χ4n) is 4.96. The average molecular weight is 533 g/mol. The molecule has 0 radical (unpaired) electrons. The van der Waals surface area contributed by atoms with Gasteiger partial charge in [0.25, 0.3) is 0 Å². The molecule has 3 aromatic rings. The Kier molecular flexibility index (Phi) is 7.01. The van der Waals surface area contributed by atoms with E-state index in [1.54, 1.807) is 17.3 Å². The second-order valence-corrected chi connectivity index (χ2v) is 10.4. The van der Waals surface area contributed by atoms with Gasteiger partial charge in [-0.3, -0.25) is 4.98 Å². The predicted octanol–water partition coefficient (Wildman–Crippen LogP) is 4.82. The lowest BCUT2D eigenvalue weighted by Gasteiger charge is -2.32. The van der Waals surface area contributed by atoms with Crippen LogP contribution in [0.3, 0.4) is 0 Å². The molecular formula is C30H32N2O7.